The molecule has 1 heterocycles. The molecule has 5 heteroatoms. The van der Waals surface area contributed by atoms with E-state index in [1.807, 2.05) is 26.0 Å². The Morgan fingerprint density at radius 1 is 1.12 bits per heavy atom. The van der Waals surface area contributed by atoms with Gasteiger partial charge in [0, 0.05) is 40.6 Å². The monoisotopic (exact) mass is 641 g/mol. The summed E-state index contributed by atoms with van der Waals surface area (Å²) in [5.74, 6) is -0.273. The van der Waals surface area contributed by atoms with Crippen LogP contribution in [0.15, 0.2) is 60.5 Å². The first-order valence-electron chi connectivity index (χ1n) is 13.5. The van der Waals surface area contributed by atoms with Crippen molar-refractivity contribution in [1.29, 1.82) is 0 Å². The average molecular weight is 641 g/mol. The third kappa shape index (κ3) is 6.37. The van der Waals surface area contributed by atoms with Crippen molar-refractivity contribution in [3.8, 4) is 11.3 Å². The van der Waals surface area contributed by atoms with E-state index >= 15 is 0 Å². The topological polar surface area (TPSA) is 50.2 Å². The van der Waals surface area contributed by atoms with Crippen molar-refractivity contribution in [2.24, 2.45) is 0 Å². The Bertz CT molecular complexity index is 1540. The van der Waals surface area contributed by atoms with Crippen molar-refractivity contribution < 1.29 is 42.6 Å². The number of benzene rings is 3. The van der Waals surface area contributed by atoms with Gasteiger partial charge in [-0.2, -0.15) is 0 Å². The largest absolute Gasteiger partial charge is 0.512 e. The molecule has 0 aliphatic heterocycles. The summed E-state index contributed by atoms with van der Waals surface area (Å²) < 4.78 is 60.9. The first-order valence-corrected chi connectivity index (χ1v) is 10.5. The number of halogens is 1. The van der Waals surface area contributed by atoms with Gasteiger partial charge in [-0.3, -0.25) is 4.79 Å². The Kier molecular flexibility index (Phi) is 6.57. The first-order chi connectivity index (χ1) is 18.0. The van der Waals surface area contributed by atoms with Crippen molar-refractivity contribution in [3.05, 3.63) is 89.1 Å². The second-order valence-corrected chi connectivity index (χ2v) is 8.16. The zero-order valence-electron chi connectivity index (χ0n) is 25.3. The molecule has 179 valence electrons. The van der Waals surface area contributed by atoms with E-state index in [1.165, 1.54) is 38.1 Å². The maximum atomic E-state index is 14.1. The average Bonchev–Trinajstić information content (AvgIpc) is 2.81. The van der Waals surface area contributed by atoms with Crippen LogP contribution in [-0.2, 0) is 24.9 Å². The van der Waals surface area contributed by atoms with E-state index < -0.39 is 13.7 Å². The Balaban J connectivity index is 0.000000623. The molecular weight excluding hydrogens is 606 g/mol. The molecular formula is C29H29FIrNO2-. The minimum Gasteiger partial charge on any atom is -0.512 e. The Hall–Kier alpha value is -2.88. The predicted octanol–water partition coefficient (Wildman–Crippen LogP) is 7.77. The number of carbonyl (C=O) groups is 1. The van der Waals surface area contributed by atoms with Gasteiger partial charge in [0.05, 0.1) is 5.76 Å². The minimum absolute atomic E-state index is 0. The number of aliphatic hydroxyl groups is 1. The molecule has 0 spiro atoms. The van der Waals surface area contributed by atoms with Crippen LogP contribution in [0.4, 0.5) is 4.39 Å². The standard InChI is InChI=1S/C24H21FN.C5H8O2.Ir/c1-14(2)21-12-17-7-8-26-24(18-10-15(3)9-16(4)11-18)23(17)20-6-5-19(25)13-22(20)21;1-4(6)3-5(2)7;/h5-10,12-14H,1-4H3;3,6H,1-2H3;/q-1;;/b;4-3-;/i3D3,4D3;;. The van der Waals surface area contributed by atoms with Crippen LogP contribution in [0.2, 0.25) is 0 Å². The number of nitrogens with zero attached hydrogens (tertiary/aromatic N) is 1. The Morgan fingerprint density at radius 2 is 1.88 bits per heavy atom. The molecule has 3 nitrogen and oxygen atoms in total. The van der Waals surface area contributed by atoms with Crippen molar-refractivity contribution in [1.82, 2.24) is 4.98 Å². The summed E-state index contributed by atoms with van der Waals surface area (Å²) in [7, 11) is 0. The SMILES string of the molecule is CC(=O)/C=C(/C)O.[2H]C([2H])([2H])c1[c-]c(-c2nccc3cc(C(C)C)c4cc(F)ccc4c23)cc(C([2H])([2H])[2H])c1.[Ir]. The number of aromatic nitrogens is 1. The van der Waals surface area contributed by atoms with Crippen molar-refractivity contribution in [2.45, 2.75) is 47.3 Å². The third-order valence-electron chi connectivity index (χ3n) is 5.01. The number of carbonyl (C=O) groups excluding carboxylic acids is 1. The molecule has 1 N–H and O–H groups in total. The molecule has 0 fully saturated rings. The predicted molar refractivity (Wildman–Crippen MR) is 134 cm³/mol. The van der Waals surface area contributed by atoms with E-state index in [9.17, 15) is 9.18 Å². The number of aryl methyl sites for hydroxylation is 2. The Morgan fingerprint density at radius 3 is 2.47 bits per heavy atom. The zero-order chi connectivity index (χ0) is 29.3. The normalized spacial score (nSPS) is 14.6. The van der Waals surface area contributed by atoms with E-state index in [0.717, 1.165) is 27.8 Å². The summed E-state index contributed by atoms with van der Waals surface area (Å²) >= 11 is 0. The van der Waals surface area contributed by atoms with Gasteiger partial charge in [-0.1, -0.05) is 39.7 Å². The van der Waals surface area contributed by atoms with E-state index in [1.54, 1.807) is 12.3 Å². The molecule has 0 saturated heterocycles. The van der Waals surface area contributed by atoms with Gasteiger partial charge in [-0.15, -0.1) is 34.9 Å². The molecule has 0 saturated carbocycles. The smallest absolute Gasteiger partial charge is 0.155 e. The second-order valence-electron chi connectivity index (χ2n) is 8.16. The van der Waals surface area contributed by atoms with Crippen LogP contribution in [0, 0.1) is 25.6 Å². The molecule has 34 heavy (non-hydrogen) atoms. The number of pyridine rings is 1. The van der Waals surface area contributed by atoms with E-state index in [0.29, 0.717) is 11.1 Å². The van der Waals surface area contributed by atoms with Gasteiger partial charge in [0.25, 0.3) is 0 Å². The van der Waals surface area contributed by atoms with Gasteiger partial charge in [0.15, 0.2) is 5.78 Å². The minimum atomic E-state index is -2.53. The summed E-state index contributed by atoms with van der Waals surface area (Å²) in [6.07, 6.45) is 2.77. The molecule has 1 aromatic heterocycles. The number of hydrogen-bond acceptors (Lipinski definition) is 3. The van der Waals surface area contributed by atoms with E-state index in [4.69, 9.17) is 13.3 Å². The molecule has 0 bridgehead atoms. The summed E-state index contributed by atoms with van der Waals surface area (Å²) in [5.41, 5.74) is 1.39. The third-order valence-corrected chi connectivity index (χ3v) is 5.01. The summed E-state index contributed by atoms with van der Waals surface area (Å²) in [6.45, 7) is 1.88. The molecule has 4 aromatic rings. The molecule has 0 unspecified atom stereocenters. The van der Waals surface area contributed by atoms with Crippen LogP contribution in [0.1, 0.15) is 58.5 Å². The van der Waals surface area contributed by atoms with Gasteiger partial charge >= 0.3 is 0 Å². The van der Waals surface area contributed by atoms with E-state index in [-0.39, 0.29) is 60.1 Å². The summed E-state index contributed by atoms with van der Waals surface area (Å²) in [6, 6.07) is 13.8. The van der Waals surface area contributed by atoms with Crippen molar-refractivity contribution >= 4 is 27.3 Å². The van der Waals surface area contributed by atoms with Gasteiger partial charge in [-0.05, 0) is 70.8 Å². The number of allylic oxidation sites excluding steroid dienone is 2. The van der Waals surface area contributed by atoms with Crippen LogP contribution in [0.3, 0.4) is 0 Å². The van der Waals surface area contributed by atoms with E-state index in [2.05, 4.69) is 11.1 Å². The van der Waals surface area contributed by atoms with Crippen LogP contribution >= 0.6 is 0 Å². The fraction of sp³-hybridized carbons (Fsp3) is 0.241. The maximum absolute atomic E-state index is 14.1. The van der Waals surface area contributed by atoms with Crippen LogP contribution < -0.4 is 0 Å². The van der Waals surface area contributed by atoms with Crippen molar-refractivity contribution in [3.63, 3.8) is 0 Å². The number of fused-ring (bicyclic) bond motifs is 3. The molecule has 0 aliphatic rings. The molecule has 3 aromatic carbocycles. The number of rotatable bonds is 3. The molecule has 0 aliphatic carbocycles. The molecule has 1 radical (unpaired) electrons. The van der Waals surface area contributed by atoms with Gasteiger partial charge < -0.3 is 10.1 Å². The number of ketones is 1. The Labute approximate surface area is 222 Å². The van der Waals surface area contributed by atoms with Gasteiger partial charge in [0.2, 0.25) is 0 Å². The van der Waals surface area contributed by atoms with Gasteiger partial charge in [0.1, 0.15) is 5.82 Å². The van der Waals surface area contributed by atoms with Crippen LogP contribution in [-0.4, -0.2) is 15.9 Å². The quantitative estimate of drug-likeness (QED) is 0.108. The van der Waals surface area contributed by atoms with Gasteiger partial charge in [-0.25, -0.2) is 4.39 Å². The van der Waals surface area contributed by atoms with Crippen LogP contribution in [0.25, 0.3) is 32.8 Å². The fourth-order valence-corrected chi connectivity index (χ4v) is 3.77. The van der Waals surface area contributed by atoms with Crippen molar-refractivity contribution in [2.75, 3.05) is 0 Å². The maximum Gasteiger partial charge on any atom is 0.155 e. The van der Waals surface area contributed by atoms with Crippen LogP contribution in [0.5, 0.6) is 0 Å². The summed E-state index contributed by atoms with van der Waals surface area (Å²) in [5, 5.41) is 11.4. The number of aliphatic hydroxyl groups excluding tert-OH is 1. The summed E-state index contributed by atoms with van der Waals surface area (Å²) in [4.78, 5) is 14.5. The molecule has 0 amide bonds. The molecule has 0 atom stereocenters. The number of hydrogen-bond donors (Lipinski definition) is 1. The first kappa shape index (κ1) is 19.4. The fourth-order valence-electron chi connectivity index (χ4n) is 3.77. The molecule has 4 rings (SSSR count). The zero-order valence-corrected chi connectivity index (χ0v) is 21.7. The second kappa shape index (κ2) is 11.5.